The van der Waals surface area contributed by atoms with Crippen molar-refractivity contribution in [2.75, 3.05) is 6.61 Å². The maximum absolute atomic E-state index is 12.2. The van der Waals surface area contributed by atoms with Gasteiger partial charge in [0.2, 0.25) is 0 Å². The number of pyridine rings is 1. The number of carbonyl (C=O) groups excluding carboxylic acids is 1. The van der Waals surface area contributed by atoms with Gasteiger partial charge in [0, 0.05) is 11.8 Å². The Balaban J connectivity index is 1.36. The molecule has 0 saturated heterocycles. The Morgan fingerprint density at radius 2 is 1.84 bits per heavy atom. The normalized spacial score (nSPS) is 16.3. The summed E-state index contributed by atoms with van der Waals surface area (Å²) in [6, 6.07) is 21.0. The molecule has 0 spiro atoms. The number of carbonyl (C=O) groups is 1. The first kappa shape index (κ1) is 15.3. The highest BCUT2D eigenvalue weighted by Gasteiger charge is 2.24. The lowest BCUT2D eigenvalue weighted by atomic mass is 10.1. The number of esters is 1. The van der Waals surface area contributed by atoms with Crippen molar-refractivity contribution in [2.45, 2.75) is 12.5 Å². The molecule has 0 N–H and O–H groups in total. The van der Waals surface area contributed by atoms with E-state index in [0.29, 0.717) is 12.1 Å². The molecule has 0 saturated carbocycles. The molecule has 5 nitrogen and oxygen atoms in total. The summed E-state index contributed by atoms with van der Waals surface area (Å²) >= 11 is 0. The molecular formula is C20H16N2O3. The minimum absolute atomic E-state index is 0.146. The molecule has 124 valence electrons. The number of ether oxygens (including phenoxy) is 1. The predicted octanol–water partition coefficient (Wildman–Crippen LogP) is 3.58. The molecule has 25 heavy (non-hydrogen) atoms. The number of hydrogen-bond donors (Lipinski definition) is 0. The van der Waals surface area contributed by atoms with Gasteiger partial charge >= 0.3 is 5.97 Å². The molecule has 5 heteroatoms. The van der Waals surface area contributed by atoms with Crippen LogP contribution in [0.25, 0.3) is 10.9 Å². The van der Waals surface area contributed by atoms with E-state index in [-0.39, 0.29) is 12.7 Å². The molecule has 0 fully saturated rings. The van der Waals surface area contributed by atoms with Crippen LogP contribution in [0.3, 0.4) is 0 Å². The van der Waals surface area contributed by atoms with E-state index >= 15 is 0 Å². The van der Waals surface area contributed by atoms with Gasteiger partial charge in [-0.3, -0.25) is 0 Å². The lowest BCUT2D eigenvalue weighted by Gasteiger charge is -2.09. The Kier molecular flexibility index (Phi) is 4.12. The zero-order chi connectivity index (χ0) is 17.1. The van der Waals surface area contributed by atoms with E-state index in [9.17, 15) is 4.79 Å². The number of fused-ring (bicyclic) bond motifs is 1. The first-order valence-electron chi connectivity index (χ1n) is 8.10. The molecule has 0 amide bonds. The second-order valence-corrected chi connectivity index (χ2v) is 5.82. The van der Waals surface area contributed by atoms with E-state index in [4.69, 9.17) is 9.57 Å². The monoisotopic (exact) mass is 332 g/mol. The molecule has 0 unspecified atom stereocenters. The van der Waals surface area contributed by atoms with Gasteiger partial charge in [0.25, 0.3) is 0 Å². The number of hydrogen-bond acceptors (Lipinski definition) is 5. The molecule has 0 radical (unpaired) electrons. The van der Waals surface area contributed by atoms with Gasteiger partial charge in [0.05, 0.1) is 11.2 Å². The molecule has 2 heterocycles. The molecule has 2 aromatic carbocycles. The third kappa shape index (κ3) is 3.35. The summed E-state index contributed by atoms with van der Waals surface area (Å²) < 4.78 is 5.35. The summed E-state index contributed by atoms with van der Waals surface area (Å²) in [6.07, 6.45) is 0.349. The van der Waals surface area contributed by atoms with E-state index < -0.39 is 5.97 Å². The first-order chi connectivity index (χ1) is 12.3. The quantitative estimate of drug-likeness (QED) is 0.685. The van der Waals surface area contributed by atoms with E-state index in [0.717, 1.165) is 22.2 Å². The summed E-state index contributed by atoms with van der Waals surface area (Å²) in [5.41, 5.74) is 2.95. The number of nitrogens with zero attached hydrogens (tertiary/aromatic N) is 2. The van der Waals surface area contributed by atoms with Gasteiger partial charge in [-0.1, -0.05) is 59.8 Å². The van der Waals surface area contributed by atoms with Gasteiger partial charge in [-0.15, -0.1) is 0 Å². The van der Waals surface area contributed by atoms with Crippen molar-refractivity contribution >= 4 is 22.6 Å². The number of para-hydroxylation sites is 1. The van der Waals surface area contributed by atoms with E-state index in [1.807, 2.05) is 60.7 Å². The van der Waals surface area contributed by atoms with Crippen molar-refractivity contribution in [3.05, 3.63) is 78.0 Å². The lowest BCUT2D eigenvalue weighted by molar-refractivity contribution is 0.00647. The molecule has 4 rings (SSSR count). The topological polar surface area (TPSA) is 60.8 Å². The molecule has 1 aliphatic rings. The summed E-state index contributed by atoms with van der Waals surface area (Å²) in [5.74, 6) is -0.456. The number of aromatic nitrogens is 1. The standard InChI is InChI=1S/C20H16N2O3/c23-20(18-11-10-15-8-4-5-9-17(15)21-18)24-13-16-12-19(22-25-16)14-6-2-1-3-7-14/h1-11,16H,12-13H2/t16-/m1/s1. The molecular weight excluding hydrogens is 316 g/mol. The lowest BCUT2D eigenvalue weighted by Crippen LogP contribution is -2.20. The Morgan fingerprint density at radius 1 is 1.04 bits per heavy atom. The highest BCUT2D eigenvalue weighted by atomic mass is 16.7. The average molecular weight is 332 g/mol. The summed E-state index contributed by atoms with van der Waals surface area (Å²) in [4.78, 5) is 21.9. The summed E-state index contributed by atoms with van der Waals surface area (Å²) in [6.45, 7) is 0.146. The Hall–Kier alpha value is -3.21. The zero-order valence-corrected chi connectivity index (χ0v) is 13.5. The predicted molar refractivity (Wildman–Crippen MR) is 94.5 cm³/mol. The van der Waals surface area contributed by atoms with Crippen LogP contribution in [0.2, 0.25) is 0 Å². The van der Waals surface area contributed by atoms with Crippen molar-refractivity contribution in [2.24, 2.45) is 5.16 Å². The number of oxime groups is 1. The molecule has 0 aliphatic carbocycles. The van der Waals surface area contributed by atoms with Gasteiger partial charge in [0.15, 0.2) is 6.10 Å². The Bertz CT molecular complexity index is 938. The summed E-state index contributed by atoms with van der Waals surface area (Å²) in [7, 11) is 0. The highest BCUT2D eigenvalue weighted by molar-refractivity contribution is 6.01. The maximum atomic E-state index is 12.2. The van der Waals surface area contributed by atoms with Crippen molar-refractivity contribution in [3.8, 4) is 0 Å². The number of rotatable bonds is 4. The largest absolute Gasteiger partial charge is 0.457 e. The fourth-order valence-electron chi connectivity index (χ4n) is 2.74. The van der Waals surface area contributed by atoms with Crippen LogP contribution in [0.5, 0.6) is 0 Å². The van der Waals surface area contributed by atoms with Gasteiger partial charge in [-0.05, 0) is 17.7 Å². The fraction of sp³-hybridized carbons (Fsp3) is 0.150. The maximum Gasteiger partial charge on any atom is 0.357 e. The zero-order valence-electron chi connectivity index (χ0n) is 13.5. The van der Waals surface area contributed by atoms with E-state index in [2.05, 4.69) is 10.1 Å². The van der Waals surface area contributed by atoms with Crippen molar-refractivity contribution < 1.29 is 14.4 Å². The van der Waals surface area contributed by atoms with Crippen LogP contribution in [-0.4, -0.2) is 29.4 Å². The average Bonchev–Trinajstić information content (AvgIpc) is 3.15. The second kappa shape index (κ2) is 6.73. The fourth-order valence-corrected chi connectivity index (χ4v) is 2.74. The SMILES string of the molecule is O=C(OC[C@H]1CC(c2ccccc2)=NO1)c1ccc2ccccc2n1. The van der Waals surface area contributed by atoms with Crippen LogP contribution < -0.4 is 0 Å². The van der Waals surface area contributed by atoms with Crippen LogP contribution in [0.1, 0.15) is 22.5 Å². The summed E-state index contributed by atoms with van der Waals surface area (Å²) in [5, 5.41) is 5.07. The molecule has 3 aromatic rings. The van der Waals surface area contributed by atoms with E-state index in [1.54, 1.807) is 6.07 Å². The first-order valence-corrected chi connectivity index (χ1v) is 8.10. The van der Waals surface area contributed by atoms with Gasteiger partial charge in [0.1, 0.15) is 12.3 Å². The van der Waals surface area contributed by atoms with Crippen molar-refractivity contribution in [3.63, 3.8) is 0 Å². The second-order valence-electron chi connectivity index (χ2n) is 5.82. The van der Waals surface area contributed by atoms with Crippen LogP contribution in [0.15, 0.2) is 71.9 Å². The molecule has 1 aromatic heterocycles. The minimum atomic E-state index is -0.456. The van der Waals surface area contributed by atoms with Gasteiger partial charge in [-0.2, -0.15) is 0 Å². The third-order valence-corrected chi connectivity index (χ3v) is 4.05. The van der Waals surface area contributed by atoms with Crippen LogP contribution in [0, 0.1) is 0 Å². The Morgan fingerprint density at radius 3 is 2.72 bits per heavy atom. The van der Waals surface area contributed by atoms with E-state index in [1.165, 1.54) is 0 Å². The van der Waals surface area contributed by atoms with Crippen molar-refractivity contribution in [1.82, 2.24) is 4.98 Å². The van der Waals surface area contributed by atoms with Crippen LogP contribution in [0.4, 0.5) is 0 Å². The van der Waals surface area contributed by atoms with Crippen LogP contribution >= 0.6 is 0 Å². The smallest absolute Gasteiger partial charge is 0.357 e. The third-order valence-electron chi connectivity index (χ3n) is 4.05. The van der Waals surface area contributed by atoms with Gasteiger partial charge in [-0.25, -0.2) is 9.78 Å². The van der Waals surface area contributed by atoms with Crippen molar-refractivity contribution in [1.29, 1.82) is 0 Å². The molecule has 1 aliphatic heterocycles. The highest BCUT2D eigenvalue weighted by Crippen LogP contribution is 2.17. The number of benzene rings is 2. The molecule has 1 atom stereocenters. The minimum Gasteiger partial charge on any atom is -0.457 e. The molecule has 0 bridgehead atoms. The van der Waals surface area contributed by atoms with Gasteiger partial charge < -0.3 is 9.57 Å². The Labute approximate surface area is 144 Å². The van der Waals surface area contributed by atoms with Crippen LogP contribution in [-0.2, 0) is 9.57 Å².